The number of alkyl halides is 5. The quantitative estimate of drug-likeness (QED) is 0.426. The van der Waals surface area contributed by atoms with E-state index in [2.05, 4.69) is 0 Å². The lowest BCUT2D eigenvalue weighted by molar-refractivity contribution is -0.219. The van der Waals surface area contributed by atoms with E-state index >= 15 is 0 Å². The molecule has 0 radical (unpaired) electrons. The van der Waals surface area contributed by atoms with E-state index in [0.29, 0.717) is 0 Å². The Morgan fingerprint density at radius 1 is 1.00 bits per heavy atom. The minimum absolute atomic E-state index is 4.20. The van der Waals surface area contributed by atoms with Gasteiger partial charge in [-0.25, -0.2) is 8.78 Å². The molecule has 0 atom stereocenters. The highest BCUT2D eigenvalue weighted by molar-refractivity contribution is 4.48. The van der Waals surface area contributed by atoms with Gasteiger partial charge in [0.05, 0.1) is 0 Å². The first kappa shape index (κ1) is 6.65. The molecular weight excluding hydrogens is 118 g/mol. The van der Waals surface area contributed by atoms with Gasteiger partial charge in [-0.1, -0.05) is 0 Å². The highest BCUT2D eigenvalue weighted by atomic mass is 19.3. The van der Waals surface area contributed by atoms with Crippen LogP contribution >= 0.6 is 0 Å². The Morgan fingerprint density at radius 2 is 1.14 bits per heavy atom. The minimum Gasteiger partial charge on any atom is -0.200 e. The van der Waals surface area contributed by atoms with Crippen LogP contribution < -0.4 is 0 Å². The molecule has 0 aliphatic rings. The van der Waals surface area contributed by atoms with Gasteiger partial charge in [-0.05, 0) is 0 Å². The summed E-state index contributed by atoms with van der Waals surface area (Å²) in [5.41, 5.74) is 0. The molecule has 0 aliphatic heterocycles. The monoisotopic (exact) mass is 119 g/mol. The molecule has 0 aromatic heterocycles. The number of hydrogen-bond acceptors (Lipinski definition) is 0. The van der Waals surface area contributed by atoms with E-state index in [1.54, 1.807) is 0 Å². The van der Waals surface area contributed by atoms with Crippen molar-refractivity contribution in [3.63, 3.8) is 0 Å². The van der Waals surface area contributed by atoms with Gasteiger partial charge in [-0.15, -0.1) is 0 Å². The molecule has 0 saturated carbocycles. The Labute approximate surface area is 35.9 Å². The van der Waals surface area contributed by atoms with Crippen molar-refractivity contribution in [2.45, 2.75) is 12.6 Å². The largest absolute Gasteiger partial charge is 0.450 e. The van der Waals surface area contributed by atoms with Crippen LogP contribution in [0, 0.1) is 0 Å². The summed E-state index contributed by atoms with van der Waals surface area (Å²) < 4.78 is 52.1. The molecule has 5 heteroatoms. The lowest BCUT2D eigenvalue weighted by atomic mass is 10.7. The topological polar surface area (TPSA) is 0 Å². The van der Waals surface area contributed by atoms with Crippen molar-refractivity contribution in [3.8, 4) is 0 Å². The van der Waals surface area contributed by atoms with Crippen LogP contribution in [0.3, 0.4) is 0 Å². The van der Waals surface area contributed by atoms with E-state index in [0.717, 1.165) is 0 Å². The molecule has 7 heavy (non-hydrogen) atoms. The number of halogens is 5. The molecule has 0 spiro atoms. The fourth-order valence-electron chi connectivity index (χ4n) is 0. The molecule has 0 saturated heterocycles. The van der Waals surface area contributed by atoms with Crippen LogP contribution in [0.2, 0.25) is 0 Å². The second-order valence-corrected chi connectivity index (χ2v) is 0.842. The molecule has 0 aliphatic carbocycles. The Hall–Kier alpha value is -0.350. The molecule has 0 amide bonds. The zero-order valence-electron chi connectivity index (χ0n) is 2.97. The molecule has 0 unspecified atom stereocenters. The lowest BCUT2D eigenvalue weighted by Crippen LogP contribution is -2.18. The van der Waals surface area contributed by atoms with Crippen LogP contribution in [0.5, 0.6) is 0 Å². The van der Waals surface area contributed by atoms with Crippen LogP contribution in [-0.4, -0.2) is 12.6 Å². The first-order valence-corrected chi connectivity index (χ1v) is 1.29. The Morgan fingerprint density at radius 3 is 1.14 bits per heavy atom. The van der Waals surface area contributed by atoms with Crippen LogP contribution in [-0.2, 0) is 0 Å². The van der Waals surface area contributed by atoms with E-state index in [4.69, 9.17) is 0 Å². The fourth-order valence-corrected chi connectivity index (χ4v) is 0. The normalized spacial score (nSPS) is 12.9. The Balaban J connectivity index is 3.54. The summed E-state index contributed by atoms with van der Waals surface area (Å²) in [6.45, 7) is 0. The van der Waals surface area contributed by atoms with Crippen LogP contribution in [0.4, 0.5) is 22.0 Å². The van der Waals surface area contributed by atoms with Crippen molar-refractivity contribution >= 4 is 0 Å². The maximum Gasteiger partial charge on any atom is 0.450 e. The van der Waals surface area contributed by atoms with Gasteiger partial charge in [-0.2, -0.15) is 13.2 Å². The Kier molecular flexibility index (Phi) is 1.55. The van der Waals surface area contributed by atoms with Gasteiger partial charge in [0.15, 0.2) is 0 Å². The smallest absolute Gasteiger partial charge is 0.200 e. The second kappa shape index (κ2) is 1.63. The van der Waals surface area contributed by atoms with Crippen molar-refractivity contribution in [3.05, 3.63) is 0 Å². The third-order valence-corrected chi connectivity index (χ3v) is 0.247. The molecule has 0 heterocycles. The molecule has 0 aromatic carbocycles. The van der Waals surface area contributed by atoms with Crippen molar-refractivity contribution in [2.75, 3.05) is 0 Å². The van der Waals surface area contributed by atoms with Crippen molar-refractivity contribution in [1.29, 1.82) is 0 Å². The molecule has 0 nitrogen and oxygen atoms in total. The van der Waals surface area contributed by atoms with Gasteiger partial charge >= 0.3 is 12.6 Å². The molecule has 0 aromatic rings. The zero-order chi connectivity index (χ0) is 6.08. The summed E-state index contributed by atoms with van der Waals surface area (Å²) in [6.07, 6.45) is -9.53. The lowest BCUT2D eigenvalue weighted by Gasteiger charge is -2.00. The summed E-state index contributed by atoms with van der Waals surface area (Å²) >= 11 is 0. The maximum atomic E-state index is 10.4. The van der Waals surface area contributed by atoms with Crippen LogP contribution in [0.1, 0.15) is 0 Å². The minimum atomic E-state index is -5.33. The first-order chi connectivity index (χ1) is 2.94. The summed E-state index contributed by atoms with van der Waals surface area (Å²) in [5.74, 6) is 0. The van der Waals surface area contributed by atoms with Crippen molar-refractivity contribution < 1.29 is 22.0 Å². The zero-order valence-corrected chi connectivity index (χ0v) is 2.97. The molecule has 0 fully saturated rings. The number of hydrogen-bond donors (Lipinski definition) is 0. The summed E-state index contributed by atoms with van der Waals surface area (Å²) in [7, 11) is 0. The fraction of sp³-hybridized carbons (Fsp3) is 1.00. The molecule has 0 N–H and O–H groups in total. The van der Waals surface area contributed by atoms with E-state index in [1.807, 2.05) is 0 Å². The molecule has 0 rings (SSSR count). The summed E-state index contributed by atoms with van der Waals surface area (Å²) in [5, 5.41) is 0. The van der Waals surface area contributed by atoms with Crippen molar-refractivity contribution in [1.82, 2.24) is 0 Å². The van der Waals surface area contributed by atoms with Gasteiger partial charge in [0.1, 0.15) is 0 Å². The SMILES string of the molecule is FC(F)C(F)(F)[18F]. The predicted octanol–water partition coefficient (Wildman–Crippen LogP) is 1.81. The molecule has 0 bridgehead atoms. The molecular formula is C2HF5. The average molecular weight is 119 g/mol. The van der Waals surface area contributed by atoms with Crippen LogP contribution in [0.25, 0.3) is 0 Å². The van der Waals surface area contributed by atoms with E-state index < -0.39 is 12.6 Å². The van der Waals surface area contributed by atoms with Gasteiger partial charge in [0.2, 0.25) is 0 Å². The highest BCUT2D eigenvalue weighted by Crippen LogP contribution is 2.22. The highest BCUT2D eigenvalue weighted by Gasteiger charge is 2.40. The third kappa shape index (κ3) is 2.36. The standard InChI is InChI=1S/C2HF5/c3-1(4)2(5,6)7/h1H/i5-1. The predicted molar refractivity (Wildman–Crippen MR) is 12.1 cm³/mol. The van der Waals surface area contributed by atoms with E-state index in [-0.39, 0.29) is 0 Å². The van der Waals surface area contributed by atoms with E-state index in [1.165, 1.54) is 0 Å². The van der Waals surface area contributed by atoms with Crippen molar-refractivity contribution in [2.24, 2.45) is 0 Å². The first-order valence-electron chi connectivity index (χ1n) is 1.29. The summed E-state index contributed by atoms with van der Waals surface area (Å²) in [6, 6.07) is 0. The number of rotatable bonds is 0. The van der Waals surface area contributed by atoms with Gasteiger partial charge in [-0.3, -0.25) is 0 Å². The Bertz CT molecular complexity index is 51.6. The van der Waals surface area contributed by atoms with Crippen LogP contribution in [0.15, 0.2) is 0 Å². The maximum absolute atomic E-state index is 10.4. The van der Waals surface area contributed by atoms with E-state index in [9.17, 15) is 22.0 Å². The molecule has 44 valence electrons. The third-order valence-electron chi connectivity index (χ3n) is 0.247. The van der Waals surface area contributed by atoms with Gasteiger partial charge in [0, 0.05) is 0 Å². The van der Waals surface area contributed by atoms with Gasteiger partial charge < -0.3 is 0 Å². The second-order valence-electron chi connectivity index (χ2n) is 0.842. The van der Waals surface area contributed by atoms with Gasteiger partial charge in [0.25, 0.3) is 0 Å². The summed E-state index contributed by atoms with van der Waals surface area (Å²) in [4.78, 5) is 0. The average Bonchev–Trinajstić information content (AvgIpc) is 1.31.